The summed E-state index contributed by atoms with van der Waals surface area (Å²) in [5.41, 5.74) is 12.3. The number of nitrogens with one attached hydrogen (secondary N) is 1. The molecule has 0 amide bonds. The molecule has 5 aromatic rings. The Bertz CT molecular complexity index is 1480. The summed E-state index contributed by atoms with van der Waals surface area (Å²) in [5, 5.41) is 4.48. The number of allylic oxidation sites excluding steroid dienone is 1. The molecule has 172 valence electrons. The van der Waals surface area contributed by atoms with E-state index in [0.717, 1.165) is 44.7 Å². The molecule has 6 nitrogen and oxygen atoms in total. The number of nitrogens with zero attached hydrogens (tertiary/aromatic N) is 4. The molecule has 0 bridgehead atoms. The Balaban J connectivity index is 1.66. The number of benzene rings is 2. The highest BCUT2D eigenvalue weighted by molar-refractivity contribution is 6.02. The van der Waals surface area contributed by atoms with Crippen LogP contribution in [0.25, 0.3) is 33.4 Å². The summed E-state index contributed by atoms with van der Waals surface area (Å²) in [5.74, 6) is 1.32. The van der Waals surface area contributed by atoms with Crippen LogP contribution in [0.5, 0.6) is 0 Å². The zero-order valence-electron chi connectivity index (χ0n) is 19.5. The smallest absolute Gasteiger partial charge is 0.163 e. The Kier molecular flexibility index (Phi) is 6.18. The molecule has 0 radical (unpaired) electrons. The second-order valence-corrected chi connectivity index (χ2v) is 8.44. The first-order valence-corrected chi connectivity index (χ1v) is 11.5. The van der Waals surface area contributed by atoms with Gasteiger partial charge in [0, 0.05) is 35.8 Å². The molecule has 3 aromatic heterocycles. The van der Waals surface area contributed by atoms with Gasteiger partial charge in [0.05, 0.1) is 23.1 Å². The molecule has 0 saturated carbocycles. The monoisotopic (exact) mass is 458 g/mol. The largest absolute Gasteiger partial charge is 0.402 e. The van der Waals surface area contributed by atoms with Crippen molar-refractivity contribution in [1.29, 1.82) is 0 Å². The van der Waals surface area contributed by atoms with Crippen molar-refractivity contribution >= 4 is 16.7 Å². The van der Waals surface area contributed by atoms with Gasteiger partial charge in [0.25, 0.3) is 0 Å². The highest BCUT2D eigenvalue weighted by Gasteiger charge is 2.16. The van der Waals surface area contributed by atoms with Crippen LogP contribution in [-0.2, 0) is 6.54 Å². The van der Waals surface area contributed by atoms with E-state index < -0.39 is 0 Å². The highest BCUT2D eigenvalue weighted by atomic mass is 15.0. The molecule has 35 heavy (non-hydrogen) atoms. The summed E-state index contributed by atoms with van der Waals surface area (Å²) in [6, 6.07) is 24.3. The van der Waals surface area contributed by atoms with E-state index >= 15 is 0 Å². The number of anilines is 1. The molecule has 3 heterocycles. The molecular weight excluding hydrogens is 432 g/mol. The Labute approximate surface area is 204 Å². The van der Waals surface area contributed by atoms with Crippen molar-refractivity contribution in [2.45, 2.75) is 19.4 Å². The number of nitrogens with two attached hydrogens (primary N) is 1. The first kappa shape index (κ1) is 22.2. The van der Waals surface area contributed by atoms with E-state index in [2.05, 4.69) is 40.1 Å². The maximum absolute atomic E-state index is 5.95. The molecule has 0 spiro atoms. The molecular formula is C29H26N6. The van der Waals surface area contributed by atoms with Gasteiger partial charge < -0.3 is 11.1 Å². The third-order valence-electron chi connectivity index (χ3n) is 6.05. The third-order valence-corrected chi connectivity index (χ3v) is 6.05. The molecule has 0 aliphatic heterocycles. The number of fused-ring (bicyclic) bond motifs is 1. The van der Waals surface area contributed by atoms with E-state index in [1.54, 1.807) is 18.6 Å². The van der Waals surface area contributed by atoms with Crippen LogP contribution in [0.4, 0.5) is 5.82 Å². The van der Waals surface area contributed by atoms with Crippen LogP contribution in [0, 0.1) is 0 Å². The van der Waals surface area contributed by atoms with E-state index in [1.165, 1.54) is 0 Å². The molecule has 0 aliphatic rings. The zero-order valence-corrected chi connectivity index (χ0v) is 19.5. The number of hydrogen-bond acceptors (Lipinski definition) is 6. The lowest BCUT2D eigenvalue weighted by molar-refractivity contribution is 0.874. The molecule has 0 aliphatic carbocycles. The molecule has 2 aromatic carbocycles. The van der Waals surface area contributed by atoms with E-state index in [9.17, 15) is 0 Å². The fourth-order valence-corrected chi connectivity index (χ4v) is 4.01. The predicted octanol–water partition coefficient (Wildman–Crippen LogP) is 5.94. The Morgan fingerprint density at radius 1 is 0.943 bits per heavy atom. The van der Waals surface area contributed by atoms with Gasteiger partial charge in [-0.15, -0.1) is 0 Å². The van der Waals surface area contributed by atoms with Crippen LogP contribution in [0.15, 0.2) is 104 Å². The van der Waals surface area contributed by atoms with E-state index in [0.29, 0.717) is 18.1 Å². The summed E-state index contributed by atoms with van der Waals surface area (Å²) < 4.78 is 0. The van der Waals surface area contributed by atoms with E-state index in [-0.39, 0.29) is 5.92 Å². The minimum Gasteiger partial charge on any atom is -0.402 e. The normalized spacial score (nSPS) is 11.8. The molecule has 0 fully saturated rings. The minimum absolute atomic E-state index is 0.0191. The molecule has 1 unspecified atom stereocenters. The maximum atomic E-state index is 5.95. The number of rotatable bonds is 7. The highest BCUT2D eigenvalue weighted by Crippen LogP contribution is 2.34. The fourth-order valence-electron chi connectivity index (χ4n) is 4.01. The Morgan fingerprint density at radius 2 is 1.77 bits per heavy atom. The first-order valence-electron chi connectivity index (χ1n) is 11.5. The second kappa shape index (κ2) is 9.73. The summed E-state index contributed by atoms with van der Waals surface area (Å²) in [6.07, 6.45) is 5.38. The lowest BCUT2D eigenvalue weighted by Crippen LogP contribution is -2.07. The van der Waals surface area contributed by atoms with Gasteiger partial charge in [0.15, 0.2) is 5.82 Å². The fraction of sp³-hybridized carbons (Fsp3) is 0.103. The van der Waals surface area contributed by atoms with Crippen LogP contribution in [-0.4, -0.2) is 19.9 Å². The average Bonchev–Trinajstić information content (AvgIpc) is 2.92. The van der Waals surface area contributed by atoms with Gasteiger partial charge in [-0.05, 0) is 41.0 Å². The van der Waals surface area contributed by atoms with Crippen LogP contribution in [0.2, 0.25) is 0 Å². The van der Waals surface area contributed by atoms with Crippen LogP contribution in [0.1, 0.15) is 24.1 Å². The molecule has 3 N–H and O–H groups in total. The quantitative estimate of drug-likeness (QED) is 0.314. The van der Waals surface area contributed by atoms with Gasteiger partial charge in [-0.2, -0.15) is 0 Å². The summed E-state index contributed by atoms with van der Waals surface area (Å²) >= 11 is 0. The van der Waals surface area contributed by atoms with Crippen LogP contribution >= 0.6 is 0 Å². The van der Waals surface area contributed by atoms with E-state index in [4.69, 9.17) is 15.7 Å². The van der Waals surface area contributed by atoms with Crippen molar-refractivity contribution in [2.24, 2.45) is 5.73 Å². The van der Waals surface area contributed by atoms with Crippen molar-refractivity contribution in [2.75, 3.05) is 5.32 Å². The van der Waals surface area contributed by atoms with Gasteiger partial charge in [-0.25, -0.2) is 9.97 Å². The number of aromatic nitrogens is 4. The van der Waals surface area contributed by atoms with Gasteiger partial charge in [-0.3, -0.25) is 9.97 Å². The summed E-state index contributed by atoms with van der Waals surface area (Å²) in [6.45, 7) is 6.43. The minimum atomic E-state index is -0.0191. The third kappa shape index (κ3) is 4.73. The lowest BCUT2D eigenvalue weighted by Gasteiger charge is -2.15. The average molecular weight is 459 g/mol. The number of hydrogen-bond donors (Lipinski definition) is 2. The predicted molar refractivity (Wildman–Crippen MR) is 142 cm³/mol. The molecule has 0 saturated heterocycles. The van der Waals surface area contributed by atoms with Crippen molar-refractivity contribution < 1.29 is 0 Å². The lowest BCUT2D eigenvalue weighted by atomic mass is 9.98. The van der Waals surface area contributed by atoms with Gasteiger partial charge >= 0.3 is 0 Å². The van der Waals surface area contributed by atoms with E-state index in [1.807, 2.05) is 61.5 Å². The van der Waals surface area contributed by atoms with Crippen molar-refractivity contribution in [3.8, 4) is 22.5 Å². The Morgan fingerprint density at radius 3 is 2.54 bits per heavy atom. The van der Waals surface area contributed by atoms with Crippen molar-refractivity contribution in [3.63, 3.8) is 0 Å². The standard InChI is InChI=1S/C29H26N6/c1-19(20(2)30)22-15-23(17-31-16-22)28-34-26-13-8-12-25(21-9-4-3-5-10-21)27(26)29(35-28)33-18-24-11-6-7-14-32-24/h3-17,19H,2,18,30H2,1H3,(H,33,34,35). The SMILES string of the molecule is C=C(N)C(C)c1cncc(-c2nc(NCc3ccccn3)c3c(-c4ccccc4)cccc3n2)c1. The maximum Gasteiger partial charge on any atom is 0.163 e. The van der Waals surface area contributed by atoms with Gasteiger partial charge in [0.2, 0.25) is 0 Å². The zero-order chi connectivity index (χ0) is 24.2. The van der Waals surface area contributed by atoms with Crippen molar-refractivity contribution in [3.05, 3.63) is 115 Å². The van der Waals surface area contributed by atoms with Crippen molar-refractivity contribution in [1.82, 2.24) is 19.9 Å². The summed E-state index contributed by atoms with van der Waals surface area (Å²) in [4.78, 5) is 18.8. The molecule has 1 atom stereocenters. The van der Waals surface area contributed by atoms with Crippen LogP contribution in [0.3, 0.4) is 0 Å². The number of pyridine rings is 2. The van der Waals surface area contributed by atoms with Gasteiger partial charge in [0.1, 0.15) is 5.82 Å². The summed E-state index contributed by atoms with van der Waals surface area (Å²) in [7, 11) is 0. The molecule has 6 heteroatoms. The Hall–Kier alpha value is -4.58. The molecule has 5 rings (SSSR count). The van der Waals surface area contributed by atoms with Crippen LogP contribution < -0.4 is 11.1 Å². The second-order valence-electron chi connectivity index (χ2n) is 8.44. The first-order chi connectivity index (χ1) is 17.1. The van der Waals surface area contributed by atoms with Gasteiger partial charge in [-0.1, -0.05) is 62.0 Å². The topological polar surface area (TPSA) is 89.6 Å².